The molecule has 9 heteroatoms. The van der Waals surface area contributed by atoms with Gasteiger partial charge in [0.05, 0.1) is 18.5 Å². The predicted molar refractivity (Wildman–Crippen MR) is 122 cm³/mol. The van der Waals surface area contributed by atoms with Gasteiger partial charge in [0.2, 0.25) is 15.9 Å². The molecular formula is C22H26ClN3O4S. The number of hydrogen-bond donors (Lipinski definition) is 1. The Morgan fingerprint density at radius 1 is 1.16 bits per heavy atom. The number of carbonyl (C=O) groups is 2. The number of hydrogen-bond acceptors (Lipinski definition) is 4. The summed E-state index contributed by atoms with van der Waals surface area (Å²) in [6, 6.07) is 13.5. The molecule has 2 amide bonds. The fourth-order valence-electron chi connectivity index (χ4n) is 3.74. The van der Waals surface area contributed by atoms with Gasteiger partial charge in [-0.05, 0) is 48.7 Å². The average Bonchev–Trinajstić information content (AvgIpc) is 3.20. The van der Waals surface area contributed by atoms with Crippen LogP contribution in [0.2, 0.25) is 5.02 Å². The fraction of sp³-hybridized carbons (Fsp3) is 0.364. The number of carbonyl (C=O) groups excluding carboxylic acids is 2. The predicted octanol–water partition coefficient (Wildman–Crippen LogP) is 3.05. The van der Waals surface area contributed by atoms with Crippen molar-refractivity contribution >= 4 is 39.1 Å². The number of likely N-dealkylation sites (tertiary alicyclic amines) is 1. The summed E-state index contributed by atoms with van der Waals surface area (Å²) in [7, 11) is -3.56. The van der Waals surface area contributed by atoms with Crippen LogP contribution >= 0.6 is 11.6 Å². The molecule has 1 fully saturated rings. The minimum absolute atomic E-state index is 0.0112. The van der Waals surface area contributed by atoms with E-state index in [-0.39, 0.29) is 24.4 Å². The molecule has 0 saturated carbocycles. The van der Waals surface area contributed by atoms with E-state index < -0.39 is 10.0 Å². The Kier molecular flexibility index (Phi) is 7.23. The molecule has 1 saturated heterocycles. The maximum atomic E-state index is 12.5. The van der Waals surface area contributed by atoms with E-state index in [0.29, 0.717) is 28.4 Å². The van der Waals surface area contributed by atoms with Crippen molar-refractivity contribution in [1.29, 1.82) is 0 Å². The van der Waals surface area contributed by atoms with Gasteiger partial charge in [-0.25, -0.2) is 8.42 Å². The second-order valence-corrected chi connectivity index (χ2v) is 9.94. The van der Waals surface area contributed by atoms with Crippen LogP contribution in [0, 0.1) is 0 Å². The molecule has 1 N–H and O–H groups in total. The lowest BCUT2D eigenvalue weighted by Gasteiger charge is -2.24. The van der Waals surface area contributed by atoms with Gasteiger partial charge in [-0.2, -0.15) is 0 Å². The lowest BCUT2D eigenvalue weighted by Crippen LogP contribution is -2.42. The van der Waals surface area contributed by atoms with E-state index in [1.165, 1.54) is 11.2 Å². The van der Waals surface area contributed by atoms with E-state index in [4.69, 9.17) is 11.6 Å². The highest BCUT2D eigenvalue weighted by Crippen LogP contribution is 2.24. The van der Waals surface area contributed by atoms with Gasteiger partial charge in [0, 0.05) is 36.6 Å². The minimum atomic E-state index is -3.56. The van der Waals surface area contributed by atoms with Crippen LogP contribution in [0.15, 0.2) is 48.5 Å². The van der Waals surface area contributed by atoms with E-state index in [1.54, 1.807) is 53.4 Å². The summed E-state index contributed by atoms with van der Waals surface area (Å²) in [4.78, 5) is 26.0. The van der Waals surface area contributed by atoms with Crippen molar-refractivity contribution in [3.8, 4) is 0 Å². The topological polar surface area (TPSA) is 86.8 Å². The van der Waals surface area contributed by atoms with E-state index in [0.717, 1.165) is 25.6 Å². The van der Waals surface area contributed by atoms with Gasteiger partial charge in [0.1, 0.15) is 0 Å². The molecule has 31 heavy (non-hydrogen) atoms. The molecule has 0 radical (unpaired) electrons. The summed E-state index contributed by atoms with van der Waals surface area (Å²) in [5.41, 5.74) is 1.54. The molecule has 1 heterocycles. The van der Waals surface area contributed by atoms with Crippen LogP contribution in [0.1, 0.15) is 35.7 Å². The monoisotopic (exact) mass is 463 g/mol. The molecule has 3 rings (SSSR count). The Bertz CT molecular complexity index is 1060. The van der Waals surface area contributed by atoms with Gasteiger partial charge in [-0.1, -0.05) is 29.8 Å². The minimum Gasteiger partial charge on any atom is -0.350 e. The second kappa shape index (κ2) is 9.70. The van der Waals surface area contributed by atoms with Gasteiger partial charge >= 0.3 is 0 Å². The highest BCUT2D eigenvalue weighted by Gasteiger charge is 2.26. The van der Waals surface area contributed by atoms with Crippen LogP contribution in [0.3, 0.4) is 0 Å². The van der Waals surface area contributed by atoms with Crippen LogP contribution in [0.25, 0.3) is 0 Å². The molecule has 2 aromatic rings. The maximum absolute atomic E-state index is 12.5. The molecular weight excluding hydrogens is 438 g/mol. The SMILES string of the molecule is CC(=O)N1CCCC1CNC(=O)c1ccc(N(Cc2ccccc2Cl)S(C)(=O)=O)cc1. The summed E-state index contributed by atoms with van der Waals surface area (Å²) in [5.74, 6) is -0.251. The van der Waals surface area contributed by atoms with Gasteiger partial charge in [0.15, 0.2) is 0 Å². The zero-order valence-electron chi connectivity index (χ0n) is 17.5. The van der Waals surface area contributed by atoms with Gasteiger partial charge < -0.3 is 10.2 Å². The Balaban J connectivity index is 1.70. The van der Waals surface area contributed by atoms with Crippen LogP contribution in [-0.2, 0) is 21.4 Å². The first-order valence-electron chi connectivity index (χ1n) is 10.0. The van der Waals surface area contributed by atoms with Gasteiger partial charge in [0.25, 0.3) is 5.91 Å². The first-order chi connectivity index (χ1) is 14.7. The molecule has 0 aliphatic carbocycles. The molecule has 0 spiro atoms. The van der Waals surface area contributed by atoms with Crippen molar-refractivity contribution in [1.82, 2.24) is 10.2 Å². The first kappa shape index (κ1) is 23.1. The van der Waals surface area contributed by atoms with Crippen molar-refractivity contribution in [2.45, 2.75) is 32.4 Å². The first-order valence-corrected chi connectivity index (χ1v) is 12.3. The number of nitrogens with one attached hydrogen (secondary N) is 1. The van der Waals surface area contributed by atoms with Crippen LogP contribution in [0.4, 0.5) is 5.69 Å². The van der Waals surface area contributed by atoms with E-state index >= 15 is 0 Å². The van der Waals surface area contributed by atoms with E-state index in [9.17, 15) is 18.0 Å². The largest absolute Gasteiger partial charge is 0.350 e. The number of benzene rings is 2. The number of amides is 2. The van der Waals surface area contributed by atoms with E-state index in [1.807, 2.05) is 0 Å². The van der Waals surface area contributed by atoms with Crippen molar-refractivity contribution in [3.05, 3.63) is 64.7 Å². The summed E-state index contributed by atoms with van der Waals surface area (Å²) >= 11 is 6.19. The van der Waals surface area contributed by atoms with Gasteiger partial charge in [-0.15, -0.1) is 0 Å². The molecule has 1 atom stereocenters. The lowest BCUT2D eigenvalue weighted by atomic mass is 10.1. The number of sulfonamides is 1. The summed E-state index contributed by atoms with van der Waals surface area (Å²) in [5, 5.41) is 3.35. The van der Waals surface area contributed by atoms with Gasteiger partial charge in [-0.3, -0.25) is 13.9 Å². The lowest BCUT2D eigenvalue weighted by molar-refractivity contribution is -0.129. The normalized spacial score (nSPS) is 16.2. The molecule has 1 aliphatic heterocycles. The highest BCUT2D eigenvalue weighted by atomic mass is 35.5. The third-order valence-electron chi connectivity index (χ3n) is 5.37. The van der Waals surface area contributed by atoms with Crippen molar-refractivity contribution < 1.29 is 18.0 Å². The van der Waals surface area contributed by atoms with Crippen molar-refractivity contribution in [2.24, 2.45) is 0 Å². The maximum Gasteiger partial charge on any atom is 0.251 e. The number of anilines is 1. The number of halogens is 1. The van der Waals surface area contributed by atoms with Crippen LogP contribution < -0.4 is 9.62 Å². The average molecular weight is 464 g/mol. The van der Waals surface area contributed by atoms with Crippen LogP contribution in [0.5, 0.6) is 0 Å². The molecule has 0 bridgehead atoms. The van der Waals surface area contributed by atoms with E-state index in [2.05, 4.69) is 5.32 Å². The van der Waals surface area contributed by atoms with Crippen molar-refractivity contribution in [3.63, 3.8) is 0 Å². The highest BCUT2D eigenvalue weighted by molar-refractivity contribution is 7.92. The summed E-state index contributed by atoms with van der Waals surface area (Å²) in [6.45, 7) is 2.74. The molecule has 1 unspecified atom stereocenters. The van der Waals surface area contributed by atoms with Crippen LogP contribution in [-0.4, -0.2) is 50.5 Å². The smallest absolute Gasteiger partial charge is 0.251 e. The second-order valence-electron chi connectivity index (χ2n) is 7.63. The molecule has 166 valence electrons. The molecule has 2 aromatic carbocycles. The summed E-state index contributed by atoms with van der Waals surface area (Å²) in [6.07, 6.45) is 2.93. The Hall–Kier alpha value is -2.58. The fourth-order valence-corrected chi connectivity index (χ4v) is 4.81. The molecule has 0 aromatic heterocycles. The molecule has 1 aliphatic rings. The zero-order chi connectivity index (χ0) is 22.6. The van der Waals surface area contributed by atoms with Crippen molar-refractivity contribution in [2.75, 3.05) is 23.7 Å². The number of nitrogens with zero attached hydrogens (tertiary/aromatic N) is 2. The Labute approximate surface area is 188 Å². The summed E-state index contributed by atoms with van der Waals surface area (Å²) < 4.78 is 26.0. The number of rotatable bonds is 7. The third-order valence-corrected chi connectivity index (χ3v) is 6.88. The Morgan fingerprint density at radius 2 is 1.84 bits per heavy atom. The third kappa shape index (κ3) is 5.77. The Morgan fingerprint density at radius 3 is 2.45 bits per heavy atom. The standard InChI is InChI=1S/C22H26ClN3O4S/c1-16(27)25-13-5-7-20(25)14-24-22(28)17-9-11-19(12-10-17)26(31(2,29)30)15-18-6-3-4-8-21(18)23/h3-4,6,8-12,20H,5,7,13-15H2,1-2H3,(H,24,28). The molecule has 7 nitrogen and oxygen atoms in total. The quantitative estimate of drug-likeness (QED) is 0.683. The zero-order valence-corrected chi connectivity index (χ0v) is 19.1.